The van der Waals surface area contributed by atoms with Gasteiger partial charge >= 0.3 is 0 Å². The number of carbonyl (C=O) groups is 1. The molecule has 1 rings (SSSR count). The third-order valence-electron chi connectivity index (χ3n) is 2.88. The molecular formula is C14H22N2OS. The number of thioether (sulfide) groups is 1. The number of benzene rings is 1. The second kappa shape index (κ2) is 8.16. The second-order valence-corrected chi connectivity index (χ2v) is 5.67. The van der Waals surface area contributed by atoms with Crippen molar-refractivity contribution in [3.05, 3.63) is 29.8 Å². The van der Waals surface area contributed by atoms with E-state index in [-0.39, 0.29) is 5.91 Å². The van der Waals surface area contributed by atoms with E-state index in [1.165, 1.54) is 10.5 Å². The van der Waals surface area contributed by atoms with E-state index in [2.05, 4.69) is 31.2 Å². The van der Waals surface area contributed by atoms with E-state index < -0.39 is 0 Å². The van der Waals surface area contributed by atoms with Crippen molar-refractivity contribution in [3.8, 4) is 0 Å². The van der Waals surface area contributed by atoms with Crippen molar-refractivity contribution >= 4 is 17.7 Å². The molecule has 4 N–H and O–H groups in total. The summed E-state index contributed by atoms with van der Waals surface area (Å²) in [4.78, 5) is 12.1. The molecule has 0 unspecified atom stereocenters. The molecule has 0 saturated carbocycles. The number of amides is 1. The highest BCUT2D eigenvalue weighted by Crippen LogP contribution is 2.24. The smallest absolute Gasteiger partial charge is 0.217 e. The zero-order valence-corrected chi connectivity index (χ0v) is 11.7. The third-order valence-corrected chi connectivity index (χ3v) is 4.12. The molecule has 4 heteroatoms. The van der Waals surface area contributed by atoms with Gasteiger partial charge in [0.2, 0.25) is 5.91 Å². The first-order valence-electron chi connectivity index (χ1n) is 6.29. The van der Waals surface area contributed by atoms with E-state index in [0.29, 0.717) is 18.9 Å². The fourth-order valence-electron chi connectivity index (χ4n) is 1.74. The summed E-state index contributed by atoms with van der Waals surface area (Å²) in [6.07, 6.45) is 2.25. The van der Waals surface area contributed by atoms with Crippen LogP contribution in [0.5, 0.6) is 0 Å². The molecule has 0 fully saturated rings. The lowest BCUT2D eigenvalue weighted by Crippen LogP contribution is -2.16. The Balaban J connectivity index is 2.40. The van der Waals surface area contributed by atoms with Gasteiger partial charge in [0, 0.05) is 17.1 Å². The number of aryl methyl sites for hydroxylation is 1. The molecule has 1 aromatic rings. The van der Waals surface area contributed by atoms with Crippen LogP contribution in [0.3, 0.4) is 0 Å². The summed E-state index contributed by atoms with van der Waals surface area (Å²) in [6, 6.07) is 8.49. The van der Waals surface area contributed by atoms with Gasteiger partial charge in [-0.15, -0.1) is 11.8 Å². The Morgan fingerprint density at radius 1 is 1.28 bits per heavy atom. The topological polar surface area (TPSA) is 69.1 Å². The predicted octanol–water partition coefficient (Wildman–Crippen LogP) is 2.32. The number of carbonyl (C=O) groups excluding carboxylic acids is 1. The van der Waals surface area contributed by atoms with Crippen molar-refractivity contribution in [3.63, 3.8) is 0 Å². The molecule has 0 spiro atoms. The monoisotopic (exact) mass is 266 g/mol. The Labute approximate surface area is 113 Å². The minimum atomic E-state index is -0.225. The predicted molar refractivity (Wildman–Crippen MR) is 77.5 cm³/mol. The van der Waals surface area contributed by atoms with Gasteiger partial charge in [0.1, 0.15) is 0 Å². The maximum atomic E-state index is 10.8. The normalized spacial score (nSPS) is 12.3. The number of hydrogen-bond donors (Lipinski definition) is 2. The van der Waals surface area contributed by atoms with Crippen LogP contribution in [0.2, 0.25) is 0 Å². The van der Waals surface area contributed by atoms with Gasteiger partial charge in [-0.1, -0.05) is 17.7 Å². The summed E-state index contributed by atoms with van der Waals surface area (Å²) in [6.45, 7) is 2.75. The summed E-state index contributed by atoms with van der Waals surface area (Å²) in [5, 5.41) is 0. The highest BCUT2D eigenvalue weighted by molar-refractivity contribution is 7.99. The summed E-state index contributed by atoms with van der Waals surface area (Å²) < 4.78 is 0. The van der Waals surface area contributed by atoms with Crippen LogP contribution in [-0.2, 0) is 4.79 Å². The largest absolute Gasteiger partial charge is 0.370 e. The highest BCUT2D eigenvalue weighted by Gasteiger charge is 2.10. The van der Waals surface area contributed by atoms with Crippen LogP contribution in [0.4, 0.5) is 0 Å². The second-order valence-electron chi connectivity index (χ2n) is 4.57. The number of hydrogen-bond acceptors (Lipinski definition) is 3. The Morgan fingerprint density at radius 2 is 1.94 bits per heavy atom. The molecule has 0 bridgehead atoms. The average Bonchev–Trinajstić information content (AvgIpc) is 2.34. The van der Waals surface area contributed by atoms with Crippen LogP contribution in [0.1, 0.15) is 24.8 Å². The summed E-state index contributed by atoms with van der Waals surface area (Å²) in [5.41, 5.74) is 12.1. The maximum Gasteiger partial charge on any atom is 0.217 e. The Hall–Kier alpha value is -1.00. The first kappa shape index (κ1) is 15.1. The van der Waals surface area contributed by atoms with Crippen LogP contribution < -0.4 is 11.5 Å². The van der Waals surface area contributed by atoms with Gasteiger partial charge in [0.15, 0.2) is 0 Å². The molecular weight excluding hydrogens is 244 g/mol. The SMILES string of the molecule is Cc1ccc(SC[C@@H](CCN)CCC(N)=O)cc1. The number of primary amides is 1. The fraction of sp³-hybridized carbons (Fsp3) is 0.500. The molecule has 100 valence electrons. The van der Waals surface area contributed by atoms with Crippen LogP contribution in [0.25, 0.3) is 0 Å². The van der Waals surface area contributed by atoms with Crippen LogP contribution in [0.15, 0.2) is 29.2 Å². The summed E-state index contributed by atoms with van der Waals surface area (Å²) in [5.74, 6) is 1.24. The molecule has 0 heterocycles. The van der Waals surface area contributed by atoms with E-state index in [9.17, 15) is 4.79 Å². The molecule has 0 radical (unpaired) electrons. The van der Waals surface area contributed by atoms with Crippen LogP contribution in [-0.4, -0.2) is 18.2 Å². The molecule has 1 amide bonds. The number of rotatable bonds is 8. The molecule has 3 nitrogen and oxygen atoms in total. The van der Waals surface area contributed by atoms with E-state index in [0.717, 1.165) is 18.6 Å². The van der Waals surface area contributed by atoms with Gasteiger partial charge in [-0.2, -0.15) is 0 Å². The summed E-state index contributed by atoms with van der Waals surface area (Å²) in [7, 11) is 0. The highest BCUT2D eigenvalue weighted by atomic mass is 32.2. The van der Waals surface area contributed by atoms with Gasteiger partial charge < -0.3 is 11.5 Å². The lowest BCUT2D eigenvalue weighted by Gasteiger charge is -2.14. The molecule has 0 aliphatic heterocycles. The van der Waals surface area contributed by atoms with E-state index >= 15 is 0 Å². The van der Waals surface area contributed by atoms with Gasteiger partial charge in [-0.3, -0.25) is 4.79 Å². The Bertz CT molecular complexity index is 365. The quantitative estimate of drug-likeness (QED) is 0.709. The standard InChI is InChI=1S/C14H22N2OS/c1-11-2-5-13(6-3-11)18-10-12(8-9-15)4-7-14(16)17/h2-3,5-6,12H,4,7-10,15H2,1H3,(H2,16,17)/t12-/m1/s1. The fourth-order valence-corrected chi connectivity index (χ4v) is 2.83. The lowest BCUT2D eigenvalue weighted by molar-refractivity contribution is -0.118. The zero-order valence-electron chi connectivity index (χ0n) is 10.9. The molecule has 1 aromatic carbocycles. The van der Waals surface area contributed by atoms with Crippen molar-refractivity contribution in [1.82, 2.24) is 0 Å². The van der Waals surface area contributed by atoms with Gasteiger partial charge in [-0.25, -0.2) is 0 Å². The Morgan fingerprint density at radius 3 is 2.50 bits per heavy atom. The van der Waals surface area contributed by atoms with Crippen molar-refractivity contribution in [1.29, 1.82) is 0 Å². The van der Waals surface area contributed by atoms with E-state index in [4.69, 9.17) is 11.5 Å². The molecule has 0 aromatic heterocycles. The molecule has 0 aliphatic rings. The molecule has 0 aliphatic carbocycles. The van der Waals surface area contributed by atoms with Gasteiger partial charge in [0.25, 0.3) is 0 Å². The van der Waals surface area contributed by atoms with E-state index in [1.54, 1.807) is 0 Å². The summed E-state index contributed by atoms with van der Waals surface area (Å²) >= 11 is 1.82. The van der Waals surface area contributed by atoms with Crippen LogP contribution >= 0.6 is 11.8 Å². The minimum Gasteiger partial charge on any atom is -0.370 e. The first-order chi connectivity index (χ1) is 8.61. The van der Waals surface area contributed by atoms with Crippen LogP contribution in [0, 0.1) is 12.8 Å². The Kier molecular flexibility index (Phi) is 6.83. The zero-order chi connectivity index (χ0) is 13.4. The third kappa shape index (κ3) is 6.07. The van der Waals surface area contributed by atoms with Crippen molar-refractivity contribution < 1.29 is 4.79 Å². The van der Waals surface area contributed by atoms with Crippen molar-refractivity contribution in [2.45, 2.75) is 31.1 Å². The molecule has 18 heavy (non-hydrogen) atoms. The molecule has 1 atom stereocenters. The van der Waals surface area contributed by atoms with E-state index in [1.807, 2.05) is 11.8 Å². The minimum absolute atomic E-state index is 0.225. The van der Waals surface area contributed by atoms with Crippen molar-refractivity contribution in [2.75, 3.05) is 12.3 Å². The maximum absolute atomic E-state index is 10.8. The number of nitrogens with two attached hydrogens (primary N) is 2. The lowest BCUT2D eigenvalue weighted by atomic mass is 10.0. The van der Waals surface area contributed by atoms with Gasteiger partial charge in [-0.05, 0) is 44.4 Å². The first-order valence-corrected chi connectivity index (χ1v) is 7.28. The van der Waals surface area contributed by atoms with Crippen molar-refractivity contribution in [2.24, 2.45) is 17.4 Å². The molecule has 0 saturated heterocycles. The van der Waals surface area contributed by atoms with Gasteiger partial charge in [0.05, 0.1) is 0 Å². The average molecular weight is 266 g/mol.